The van der Waals surface area contributed by atoms with Crippen LogP contribution in [0.4, 0.5) is 0 Å². The number of allylic oxidation sites excluding steroid dienone is 8. The molecule has 0 atom stereocenters. The summed E-state index contributed by atoms with van der Waals surface area (Å²) in [6.45, 7) is 6.60. The van der Waals surface area contributed by atoms with Crippen molar-refractivity contribution in [2.45, 2.75) is 309 Å². The van der Waals surface area contributed by atoms with Gasteiger partial charge in [-0.05, 0) is 83.5 Å². The van der Waals surface area contributed by atoms with E-state index in [1.807, 2.05) is 0 Å². The van der Waals surface area contributed by atoms with Gasteiger partial charge in [-0.15, -0.1) is 0 Å². The molecule has 0 aliphatic rings. The third-order valence-electron chi connectivity index (χ3n) is 12.8. The monoisotopic (exact) mass is 939 g/mol. The minimum atomic E-state index is -0.782. The lowest BCUT2D eigenvalue weighted by Crippen LogP contribution is -2.30. The lowest BCUT2D eigenvalue weighted by Gasteiger charge is -2.18. The fraction of sp³-hybridized carbons (Fsp3) is 0.820. The first-order chi connectivity index (χ1) is 33.0. The number of ether oxygens (including phenoxy) is 3. The first kappa shape index (κ1) is 64.4. The number of rotatable bonds is 53. The number of hydrogen-bond donors (Lipinski definition) is 0. The summed E-state index contributed by atoms with van der Waals surface area (Å²) >= 11 is 0. The second-order valence-electron chi connectivity index (χ2n) is 19.6. The van der Waals surface area contributed by atoms with Gasteiger partial charge in [-0.2, -0.15) is 0 Å². The van der Waals surface area contributed by atoms with Crippen LogP contribution >= 0.6 is 0 Å². The lowest BCUT2D eigenvalue weighted by atomic mass is 10.0. The molecule has 0 radical (unpaired) electrons. The highest BCUT2D eigenvalue weighted by Crippen LogP contribution is 2.16. The Balaban J connectivity index is 4.37. The van der Waals surface area contributed by atoms with Gasteiger partial charge < -0.3 is 14.2 Å². The van der Waals surface area contributed by atoms with Crippen LogP contribution in [-0.2, 0) is 28.6 Å². The van der Waals surface area contributed by atoms with Crippen LogP contribution in [-0.4, -0.2) is 37.2 Å². The van der Waals surface area contributed by atoms with E-state index < -0.39 is 6.10 Å². The van der Waals surface area contributed by atoms with Crippen molar-refractivity contribution in [2.75, 3.05) is 13.2 Å². The average molecular weight is 940 g/mol. The van der Waals surface area contributed by atoms with Gasteiger partial charge in [0.2, 0.25) is 0 Å². The number of unbranched alkanes of at least 4 members (excludes halogenated alkanes) is 34. The molecule has 0 heterocycles. The van der Waals surface area contributed by atoms with E-state index in [2.05, 4.69) is 69.4 Å². The predicted molar refractivity (Wildman–Crippen MR) is 289 cm³/mol. The maximum Gasteiger partial charge on any atom is 0.306 e. The van der Waals surface area contributed by atoms with Gasteiger partial charge in [-0.25, -0.2) is 0 Å². The van der Waals surface area contributed by atoms with Crippen LogP contribution in [0.5, 0.6) is 0 Å². The van der Waals surface area contributed by atoms with Gasteiger partial charge in [0.05, 0.1) is 0 Å². The lowest BCUT2D eigenvalue weighted by molar-refractivity contribution is -0.167. The molecule has 0 unspecified atom stereocenters. The molecule has 67 heavy (non-hydrogen) atoms. The van der Waals surface area contributed by atoms with E-state index in [0.717, 1.165) is 96.3 Å². The molecule has 0 aromatic heterocycles. The summed E-state index contributed by atoms with van der Waals surface area (Å²) in [4.78, 5) is 38.2. The van der Waals surface area contributed by atoms with Crippen LogP contribution in [0.15, 0.2) is 48.6 Å². The fourth-order valence-electron chi connectivity index (χ4n) is 8.39. The second kappa shape index (κ2) is 56.0. The second-order valence-corrected chi connectivity index (χ2v) is 19.6. The highest BCUT2D eigenvalue weighted by Gasteiger charge is 2.19. The van der Waals surface area contributed by atoms with Gasteiger partial charge in [-0.3, -0.25) is 14.4 Å². The fourth-order valence-corrected chi connectivity index (χ4v) is 8.39. The van der Waals surface area contributed by atoms with Crippen LogP contribution in [0.25, 0.3) is 0 Å². The summed E-state index contributed by atoms with van der Waals surface area (Å²) in [5.74, 6) is -0.893. The van der Waals surface area contributed by atoms with E-state index >= 15 is 0 Å². The molecule has 0 rings (SSSR count). The Hall–Kier alpha value is -2.63. The van der Waals surface area contributed by atoms with Crippen LogP contribution < -0.4 is 0 Å². The molecule has 0 saturated heterocycles. The topological polar surface area (TPSA) is 78.9 Å². The molecule has 0 amide bonds. The third-order valence-corrected chi connectivity index (χ3v) is 12.8. The van der Waals surface area contributed by atoms with Crippen molar-refractivity contribution >= 4 is 17.9 Å². The first-order valence-electron chi connectivity index (χ1n) is 29.1. The quantitative estimate of drug-likeness (QED) is 0.0262. The molecule has 0 aromatic carbocycles. The van der Waals surface area contributed by atoms with Crippen LogP contribution in [0.3, 0.4) is 0 Å². The Morgan fingerprint density at radius 2 is 0.537 bits per heavy atom. The first-order valence-corrected chi connectivity index (χ1v) is 29.1. The molecule has 0 saturated carbocycles. The Labute approximate surface area is 416 Å². The van der Waals surface area contributed by atoms with Gasteiger partial charge >= 0.3 is 17.9 Å². The maximum atomic E-state index is 12.9. The third kappa shape index (κ3) is 54.2. The van der Waals surface area contributed by atoms with Crippen molar-refractivity contribution in [1.82, 2.24) is 0 Å². The van der Waals surface area contributed by atoms with Crippen LogP contribution in [0, 0.1) is 0 Å². The highest BCUT2D eigenvalue weighted by molar-refractivity contribution is 5.71. The molecular weight excluding hydrogens is 829 g/mol. The summed E-state index contributed by atoms with van der Waals surface area (Å²) < 4.78 is 16.9. The molecule has 0 bridgehead atoms. The van der Waals surface area contributed by atoms with Crippen molar-refractivity contribution < 1.29 is 28.6 Å². The van der Waals surface area contributed by atoms with Crippen LogP contribution in [0.2, 0.25) is 0 Å². The molecule has 0 fully saturated rings. The summed E-state index contributed by atoms with van der Waals surface area (Å²) in [6.07, 6.45) is 68.1. The smallest absolute Gasteiger partial charge is 0.306 e. The Kier molecular flexibility index (Phi) is 53.8. The van der Waals surface area contributed by atoms with Gasteiger partial charge in [-0.1, -0.05) is 249 Å². The molecule has 6 nitrogen and oxygen atoms in total. The standard InChI is InChI=1S/C61H110O6/c1-4-7-10-13-16-19-22-25-28-29-30-31-34-37-40-43-46-49-52-55-61(64)67-58(56-65-59(62)53-50-47-44-41-38-35-32-26-23-20-17-14-11-8-5-2)57-66-60(63)54-51-48-45-42-39-36-33-27-24-21-18-15-12-9-6-3/h17-18,20-21,26-27,32-33,58H,4-16,19,22-25,28-31,34-57H2,1-3H3/b20-17-,21-18-,32-26-,33-27-. The van der Waals surface area contributed by atoms with Crippen molar-refractivity contribution in [3.63, 3.8) is 0 Å². The van der Waals surface area contributed by atoms with Crippen molar-refractivity contribution in [1.29, 1.82) is 0 Å². The minimum absolute atomic E-state index is 0.0823. The number of carbonyl (C=O) groups excluding carboxylic acids is 3. The SMILES string of the molecule is CCCCC/C=C\C/C=C\CCCCCCCC(=O)OCC(COC(=O)CCCCCCC/C=C\C/C=C\CCCCC)OC(=O)CCCCCCCCCCCCCCCCCCCCC. The van der Waals surface area contributed by atoms with Crippen molar-refractivity contribution in [3.05, 3.63) is 48.6 Å². The van der Waals surface area contributed by atoms with E-state index in [9.17, 15) is 14.4 Å². The summed E-state index contributed by atoms with van der Waals surface area (Å²) in [7, 11) is 0. The minimum Gasteiger partial charge on any atom is -0.462 e. The highest BCUT2D eigenvalue weighted by atomic mass is 16.6. The Bertz CT molecular complexity index is 1110. The molecule has 0 aliphatic carbocycles. The maximum absolute atomic E-state index is 12.9. The van der Waals surface area contributed by atoms with Gasteiger partial charge in [0.25, 0.3) is 0 Å². The zero-order chi connectivity index (χ0) is 48.6. The number of carbonyl (C=O) groups is 3. The van der Waals surface area contributed by atoms with E-state index in [4.69, 9.17) is 14.2 Å². The van der Waals surface area contributed by atoms with E-state index in [-0.39, 0.29) is 31.1 Å². The summed E-state index contributed by atoms with van der Waals surface area (Å²) in [6, 6.07) is 0. The normalized spacial score (nSPS) is 11.9. The number of hydrogen-bond acceptors (Lipinski definition) is 6. The molecule has 0 aromatic rings. The van der Waals surface area contributed by atoms with E-state index in [1.54, 1.807) is 0 Å². The Morgan fingerprint density at radius 3 is 0.851 bits per heavy atom. The molecule has 390 valence electrons. The molecule has 6 heteroatoms. The predicted octanol–water partition coefficient (Wildman–Crippen LogP) is 19.4. The zero-order valence-corrected chi connectivity index (χ0v) is 44.7. The van der Waals surface area contributed by atoms with Gasteiger partial charge in [0, 0.05) is 19.3 Å². The Morgan fingerprint density at radius 1 is 0.299 bits per heavy atom. The van der Waals surface area contributed by atoms with Crippen molar-refractivity contribution in [3.8, 4) is 0 Å². The van der Waals surface area contributed by atoms with Crippen LogP contribution in [0.1, 0.15) is 303 Å². The zero-order valence-electron chi connectivity index (χ0n) is 44.7. The average Bonchev–Trinajstić information content (AvgIpc) is 3.33. The molecular formula is C61H110O6. The van der Waals surface area contributed by atoms with E-state index in [1.165, 1.54) is 167 Å². The molecule has 0 N–H and O–H groups in total. The summed E-state index contributed by atoms with van der Waals surface area (Å²) in [5, 5.41) is 0. The molecule has 0 spiro atoms. The van der Waals surface area contributed by atoms with Gasteiger partial charge in [0.1, 0.15) is 13.2 Å². The van der Waals surface area contributed by atoms with Gasteiger partial charge in [0.15, 0.2) is 6.10 Å². The largest absolute Gasteiger partial charge is 0.462 e. The van der Waals surface area contributed by atoms with Crippen molar-refractivity contribution in [2.24, 2.45) is 0 Å². The number of esters is 3. The van der Waals surface area contributed by atoms with E-state index in [0.29, 0.717) is 19.3 Å². The molecule has 0 aliphatic heterocycles. The summed E-state index contributed by atoms with van der Waals surface area (Å²) in [5.41, 5.74) is 0.